The van der Waals surface area contributed by atoms with Gasteiger partial charge in [-0.1, -0.05) is 40.2 Å². The van der Waals surface area contributed by atoms with Crippen molar-refractivity contribution in [2.75, 3.05) is 32.1 Å². The van der Waals surface area contributed by atoms with E-state index in [2.05, 4.69) is 77.4 Å². The van der Waals surface area contributed by atoms with Crippen molar-refractivity contribution in [3.63, 3.8) is 0 Å². The molecule has 2 aliphatic carbocycles. The molecule has 0 saturated carbocycles. The fraction of sp³-hybridized carbons (Fsp3) is 0.429. The summed E-state index contributed by atoms with van der Waals surface area (Å²) in [6, 6.07) is 13.9. The number of hydrogen-bond acceptors (Lipinski definition) is 1. The van der Waals surface area contributed by atoms with Crippen molar-refractivity contribution in [1.82, 2.24) is 0 Å². The minimum Gasteiger partial charge on any atom is -0.496 e. The van der Waals surface area contributed by atoms with E-state index in [1.54, 1.807) is 0 Å². The molecule has 14 heteroatoms. The summed E-state index contributed by atoms with van der Waals surface area (Å²) in [6.45, 7) is 0. The molecule has 0 heterocycles. The van der Waals surface area contributed by atoms with E-state index in [9.17, 15) is 34.5 Å². The molecular formula is C21H27B2BrF8OS2. The van der Waals surface area contributed by atoms with Crippen LogP contribution in [-0.2, 0) is 34.6 Å². The molecule has 0 aromatic heterocycles. The summed E-state index contributed by atoms with van der Waals surface area (Å²) in [5, 5.41) is 0.956. The number of ether oxygens (including phenoxy) is 1. The van der Waals surface area contributed by atoms with Gasteiger partial charge in [-0.15, -0.1) is 0 Å². The van der Waals surface area contributed by atoms with Gasteiger partial charge in [-0.2, -0.15) is 0 Å². The fourth-order valence-corrected chi connectivity index (χ4v) is 6.56. The summed E-state index contributed by atoms with van der Waals surface area (Å²) < 4.78 is 85.2. The minimum absolute atomic E-state index is 0.261. The van der Waals surface area contributed by atoms with Crippen LogP contribution in [0.1, 0.15) is 32.8 Å². The van der Waals surface area contributed by atoms with Crippen LogP contribution < -0.4 is 4.74 Å². The highest BCUT2D eigenvalue weighted by atomic mass is 79.9. The Kier molecular flexibility index (Phi) is 12.4. The SMILES string of the molecule is COc1c2cc(Br)cc1C([S+](C)C)Cc1ccc(cc1)CC2[S+](C)C.F[B-](F)(F)F.F[B-](F)(F)F. The molecule has 0 aliphatic heterocycles. The molecule has 35 heavy (non-hydrogen) atoms. The van der Waals surface area contributed by atoms with Crippen molar-refractivity contribution in [2.45, 2.75) is 23.3 Å². The number of fused-ring (bicyclic) bond motifs is 4. The number of rotatable bonds is 3. The lowest BCUT2D eigenvalue weighted by atomic mass is 9.99. The van der Waals surface area contributed by atoms with Crippen molar-refractivity contribution in [2.24, 2.45) is 0 Å². The van der Waals surface area contributed by atoms with Crippen LogP contribution in [0, 0.1) is 0 Å². The maximum Gasteiger partial charge on any atom is 0.673 e. The van der Waals surface area contributed by atoms with Gasteiger partial charge in [0.15, 0.2) is 0 Å². The number of halogens is 9. The molecule has 1 nitrogen and oxygen atoms in total. The van der Waals surface area contributed by atoms with Gasteiger partial charge in [-0.3, -0.25) is 0 Å². The molecule has 4 bridgehead atoms. The molecular weight excluding hydrogens is 586 g/mol. The molecule has 2 aromatic carbocycles. The monoisotopic (exact) mass is 612 g/mol. The summed E-state index contributed by atoms with van der Waals surface area (Å²) in [6.07, 6.45) is 11.5. The van der Waals surface area contributed by atoms with Crippen molar-refractivity contribution in [3.8, 4) is 5.75 Å². The van der Waals surface area contributed by atoms with Crippen LogP contribution in [0.25, 0.3) is 0 Å². The summed E-state index contributed by atoms with van der Waals surface area (Å²) in [5.74, 6) is 1.11. The van der Waals surface area contributed by atoms with E-state index >= 15 is 0 Å². The van der Waals surface area contributed by atoms with Gasteiger partial charge in [0, 0.05) is 28.4 Å². The van der Waals surface area contributed by atoms with Crippen LogP contribution in [0.4, 0.5) is 34.5 Å². The highest BCUT2D eigenvalue weighted by Crippen LogP contribution is 2.43. The maximum atomic E-state index is 9.75. The Morgan fingerprint density at radius 3 is 1.23 bits per heavy atom. The quantitative estimate of drug-likeness (QED) is 0.196. The average molecular weight is 613 g/mol. The van der Waals surface area contributed by atoms with Crippen LogP contribution in [0.3, 0.4) is 0 Å². The van der Waals surface area contributed by atoms with Crippen molar-refractivity contribution >= 4 is 52.2 Å². The Labute approximate surface area is 215 Å². The third-order valence-electron chi connectivity index (χ3n) is 5.01. The Hall–Kier alpha value is -1.01. The van der Waals surface area contributed by atoms with Crippen LogP contribution in [-0.4, -0.2) is 46.6 Å². The second-order valence-corrected chi connectivity index (χ2v) is 13.6. The minimum atomic E-state index is -6.00. The summed E-state index contributed by atoms with van der Waals surface area (Å²) in [5.41, 5.74) is 5.56. The van der Waals surface area contributed by atoms with Crippen molar-refractivity contribution < 1.29 is 39.3 Å². The molecule has 0 amide bonds. The number of hydrogen-bond donors (Lipinski definition) is 0. The first-order valence-corrected chi connectivity index (χ1v) is 15.2. The molecule has 0 saturated heterocycles. The maximum absolute atomic E-state index is 9.75. The zero-order valence-corrected chi connectivity index (χ0v) is 23.0. The van der Waals surface area contributed by atoms with Crippen molar-refractivity contribution in [1.29, 1.82) is 0 Å². The Bertz CT molecular complexity index is 858. The lowest BCUT2D eigenvalue weighted by Gasteiger charge is -2.22. The third-order valence-corrected chi connectivity index (χ3v) is 8.59. The summed E-state index contributed by atoms with van der Waals surface area (Å²) in [4.78, 5) is 0. The van der Waals surface area contributed by atoms with Gasteiger partial charge >= 0.3 is 14.5 Å². The largest absolute Gasteiger partial charge is 0.673 e. The van der Waals surface area contributed by atoms with Crippen LogP contribution in [0.5, 0.6) is 5.75 Å². The second-order valence-electron chi connectivity index (χ2n) is 8.07. The third kappa shape index (κ3) is 12.2. The molecule has 2 aliphatic rings. The van der Waals surface area contributed by atoms with Gasteiger partial charge in [-0.05, 0) is 45.0 Å². The van der Waals surface area contributed by atoms with E-state index in [0.717, 1.165) is 18.6 Å². The summed E-state index contributed by atoms with van der Waals surface area (Å²) in [7, 11) is -9.64. The normalized spacial score (nSPS) is 17.7. The van der Waals surface area contributed by atoms with Gasteiger partial charge in [0.05, 0.1) is 32.1 Å². The van der Waals surface area contributed by atoms with Gasteiger partial charge < -0.3 is 39.3 Å². The molecule has 0 fully saturated rings. The predicted molar refractivity (Wildman–Crippen MR) is 139 cm³/mol. The highest BCUT2D eigenvalue weighted by Gasteiger charge is 2.35. The Morgan fingerprint density at radius 1 is 0.714 bits per heavy atom. The summed E-state index contributed by atoms with van der Waals surface area (Å²) >= 11 is 3.78. The zero-order chi connectivity index (χ0) is 27.1. The fourth-order valence-electron chi connectivity index (χ4n) is 3.65. The molecule has 2 atom stereocenters. The van der Waals surface area contributed by atoms with E-state index in [1.165, 1.54) is 26.7 Å². The van der Waals surface area contributed by atoms with E-state index < -0.39 is 14.5 Å². The van der Waals surface area contributed by atoms with Crippen LogP contribution in [0.15, 0.2) is 40.9 Å². The van der Waals surface area contributed by atoms with E-state index in [1.807, 2.05) is 7.11 Å². The average Bonchev–Trinajstić information content (AvgIpc) is 2.69. The van der Waals surface area contributed by atoms with Gasteiger partial charge in [0.25, 0.3) is 0 Å². The highest BCUT2D eigenvalue weighted by molar-refractivity contribution is 9.10. The zero-order valence-electron chi connectivity index (χ0n) is 19.8. The Morgan fingerprint density at radius 2 is 1.00 bits per heavy atom. The van der Waals surface area contributed by atoms with Crippen molar-refractivity contribution in [3.05, 3.63) is 63.1 Å². The van der Waals surface area contributed by atoms with Gasteiger partial charge in [0.2, 0.25) is 0 Å². The number of benzene rings is 2. The van der Waals surface area contributed by atoms with E-state index in [0.29, 0.717) is 10.5 Å². The van der Waals surface area contributed by atoms with E-state index in [-0.39, 0.29) is 21.8 Å². The lowest BCUT2D eigenvalue weighted by molar-refractivity contribution is 0.366. The van der Waals surface area contributed by atoms with Gasteiger partial charge in [-0.25, -0.2) is 0 Å². The van der Waals surface area contributed by atoms with E-state index in [4.69, 9.17) is 4.74 Å². The molecule has 0 N–H and O–H groups in total. The standard InChI is InChI=1S/C21H27BrOS2.2BF4/c1-23-21-17-12-16(22)13-18(21)20(25(4)5)11-15-8-6-14(7-9-15)10-19(17)24(2)3;2*2-1(3,4)5/h6-9,12-13,19-20H,10-11H2,1-5H3;;/q+2;2*-1. The molecule has 0 spiro atoms. The van der Waals surface area contributed by atoms with Crippen LogP contribution in [0.2, 0.25) is 0 Å². The predicted octanol–water partition coefficient (Wildman–Crippen LogP) is 7.69. The van der Waals surface area contributed by atoms with Gasteiger partial charge in [0.1, 0.15) is 16.2 Å². The Balaban J connectivity index is 0.000000519. The molecule has 198 valence electrons. The van der Waals surface area contributed by atoms with Crippen LogP contribution >= 0.6 is 15.9 Å². The topological polar surface area (TPSA) is 9.23 Å². The first-order valence-electron chi connectivity index (χ1n) is 10.2. The number of methoxy groups -OCH3 is 1. The smallest absolute Gasteiger partial charge is 0.496 e. The molecule has 2 unspecified atom stereocenters. The second kappa shape index (κ2) is 13.5. The molecule has 4 rings (SSSR count). The lowest BCUT2D eigenvalue weighted by Crippen LogP contribution is -2.18. The molecule has 2 aromatic rings. The molecule has 0 radical (unpaired) electrons. The first-order chi connectivity index (χ1) is 15.9. The first kappa shape index (κ1) is 32.0.